The van der Waals surface area contributed by atoms with Gasteiger partial charge in [-0.05, 0) is 30.7 Å². The van der Waals surface area contributed by atoms with E-state index >= 15 is 0 Å². The Labute approximate surface area is 121 Å². The predicted octanol–water partition coefficient (Wildman–Crippen LogP) is 1.97. The molecule has 106 valence electrons. The van der Waals surface area contributed by atoms with Gasteiger partial charge in [-0.15, -0.1) is 0 Å². The number of imide groups is 1. The van der Waals surface area contributed by atoms with Gasteiger partial charge in [-0.1, -0.05) is 12.1 Å². The highest BCUT2D eigenvalue weighted by molar-refractivity contribution is 6.12. The van der Waals surface area contributed by atoms with Gasteiger partial charge < -0.3 is 4.42 Å². The summed E-state index contributed by atoms with van der Waals surface area (Å²) in [4.78, 5) is 37.1. The van der Waals surface area contributed by atoms with Crippen molar-refractivity contribution in [3.8, 4) is 0 Å². The zero-order valence-corrected chi connectivity index (χ0v) is 11.7. The molecule has 0 aliphatic carbocycles. The number of hydrogen-bond acceptors (Lipinski definition) is 4. The Hall–Kier alpha value is -2.69. The molecule has 0 bridgehead atoms. The van der Waals surface area contributed by atoms with Crippen LogP contribution in [0.2, 0.25) is 0 Å². The van der Waals surface area contributed by atoms with E-state index in [-0.39, 0.29) is 29.8 Å². The lowest BCUT2D eigenvalue weighted by Crippen LogP contribution is -2.39. The van der Waals surface area contributed by atoms with E-state index in [2.05, 4.69) is 0 Å². The van der Waals surface area contributed by atoms with Crippen LogP contribution in [0, 0.1) is 6.92 Å². The molecule has 0 fully saturated rings. The minimum absolute atomic E-state index is 0.173. The quantitative estimate of drug-likeness (QED) is 0.624. The van der Waals surface area contributed by atoms with E-state index in [1.54, 1.807) is 31.2 Å². The first-order valence-corrected chi connectivity index (χ1v) is 6.52. The second-order valence-corrected chi connectivity index (χ2v) is 5.05. The lowest BCUT2D eigenvalue weighted by molar-refractivity contribution is -0.127. The summed E-state index contributed by atoms with van der Waals surface area (Å²) in [5, 5.41) is 0. The van der Waals surface area contributed by atoms with Crippen molar-refractivity contribution in [2.45, 2.75) is 13.3 Å². The van der Waals surface area contributed by atoms with Gasteiger partial charge in [0.2, 0.25) is 11.7 Å². The first-order valence-electron chi connectivity index (χ1n) is 6.52. The molecule has 21 heavy (non-hydrogen) atoms. The first kappa shape index (κ1) is 13.3. The topological polar surface area (TPSA) is 67.6 Å². The van der Waals surface area contributed by atoms with Gasteiger partial charge in [0.05, 0.1) is 6.42 Å². The highest BCUT2D eigenvalue weighted by atomic mass is 16.3. The lowest BCUT2D eigenvalue weighted by atomic mass is 9.95. The van der Waals surface area contributed by atoms with Crippen molar-refractivity contribution < 1.29 is 18.8 Å². The lowest BCUT2D eigenvalue weighted by Gasteiger charge is -2.23. The Bertz CT molecular complexity index is 772. The first-order chi connectivity index (χ1) is 9.97. The number of carbonyl (C=O) groups is 3. The molecule has 3 rings (SSSR count). The third kappa shape index (κ3) is 2.16. The average Bonchev–Trinajstić information content (AvgIpc) is 2.90. The van der Waals surface area contributed by atoms with Crippen molar-refractivity contribution in [2.75, 3.05) is 7.05 Å². The number of likely N-dealkylation sites (N-methyl/N-ethyl adjacent to an activating group) is 1. The molecule has 2 heterocycles. The van der Waals surface area contributed by atoms with Crippen LogP contribution in [0.3, 0.4) is 0 Å². The van der Waals surface area contributed by atoms with E-state index in [9.17, 15) is 14.4 Å². The van der Waals surface area contributed by atoms with E-state index in [1.165, 1.54) is 13.1 Å². The van der Waals surface area contributed by atoms with E-state index in [4.69, 9.17) is 4.42 Å². The van der Waals surface area contributed by atoms with Gasteiger partial charge in [0.1, 0.15) is 5.76 Å². The van der Waals surface area contributed by atoms with Crippen molar-refractivity contribution in [1.29, 1.82) is 0 Å². The predicted molar refractivity (Wildman–Crippen MR) is 74.1 cm³/mol. The molecule has 1 aromatic carbocycles. The molecule has 0 spiro atoms. The van der Waals surface area contributed by atoms with E-state index in [0.717, 1.165) is 4.90 Å². The van der Waals surface area contributed by atoms with Crippen LogP contribution < -0.4 is 0 Å². The normalized spacial score (nSPS) is 14.3. The van der Waals surface area contributed by atoms with Crippen LogP contribution in [-0.2, 0) is 11.2 Å². The van der Waals surface area contributed by atoms with Crippen molar-refractivity contribution in [1.82, 2.24) is 4.90 Å². The van der Waals surface area contributed by atoms with Crippen LogP contribution >= 0.6 is 0 Å². The van der Waals surface area contributed by atoms with Crippen LogP contribution in [0.5, 0.6) is 0 Å². The van der Waals surface area contributed by atoms with Crippen molar-refractivity contribution in [3.05, 3.63) is 58.5 Å². The van der Waals surface area contributed by atoms with Crippen LogP contribution in [-0.4, -0.2) is 29.5 Å². The highest BCUT2D eigenvalue weighted by Gasteiger charge is 2.29. The zero-order valence-electron chi connectivity index (χ0n) is 11.7. The van der Waals surface area contributed by atoms with Gasteiger partial charge in [-0.3, -0.25) is 19.3 Å². The van der Waals surface area contributed by atoms with Gasteiger partial charge in [0, 0.05) is 18.2 Å². The summed E-state index contributed by atoms with van der Waals surface area (Å²) in [5.74, 6) is -0.0177. The number of nitrogens with zero attached hydrogens (tertiary/aromatic N) is 1. The Morgan fingerprint density at radius 1 is 1.19 bits per heavy atom. The molecule has 1 aliphatic heterocycles. The minimum Gasteiger partial charge on any atom is -0.458 e. The Kier molecular flexibility index (Phi) is 2.97. The van der Waals surface area contributed by atoms with E-state index < -0.39 is 0 Å². The van der Waals surface area contributed by atoms with Gasteiger partial charge in [0.15, 0.2) is 5.76 Å². The number of benzene rings is 1. The summed E-state index contributed by atoms with van der Waals surface area (Å²) in [6, 6.07) is 8.12. The fourth-order valence-electron chi connectivity index (χ4n) is 2.35. The Morgan fingerprint density at radius 3 is 2.62 bits per heavy atom. The number of ketones is 1. The molecule has 0 saturated heterocycles. The van der Waals surface area contributed by atoms with E-state index in [1.807, 2.05) is 0 Å². The van der Waals surface area contributed by atoms with E-state index in [0.29, 0.717) is 22.5 Å². The molecule has 5 heteroatoms. The second-order valence-electron chi connectivity index (χ2n) is 5.05. The molecule has 0 unspecified atom stereocenters. The monoisotopic (exact) mass is 283 g/mol. The molecule has 1 aromatic heterocycles. The minimum atomic E-state index is -0.383. The molecule has 0 radical (unpaired) electrons. The largest absolute Gasteiger partial charge is 0.458 e. The summed E-state index contributed by atoms with van der Waals surface area (Å²) in [7, 11) is 1.44. The smallest absolute Gasteiger partial charge is 0.260 e. The number of amides is 2. The highest BCUT2D eigenvalue weighted by Crippen LogP contribution is 2.22. The van der Waals surface area contributed by atoms with Gasteiger partial charge in [0.25, 0.3) is 5.91 Å². The van der Waals surface area contributed by atoms with Gasteiger partial charge >= 0.3 is 0 Å². The van der Waals surface area contributed by atoms with Crippen molar-refractivity contribution in [2.24, 2.45) is 0 Å². The number of fused-ring (bicyclic) bond motifs is 1. The third-order valence-electron chi connectivity index (χ3n) is 3.59. The van der Waals surface area contributed by atoms with Crippen LogP contribution in [0.1, 0.15) is 37.8 Å². The van der Waals surface area contributed by atoms with Gasteiger partial charge in [-0.25, -0.2) is 0 Å². The summed E-state index contributed by atoms with van der Waals surface area (Å²) in [6.07, 6.45) is 0.173. The van der Waals surface area contributed by atoms with Crippen LogP contribution in [0.25, 0.3) is 0 Å². The summed E-state index contributed by atoms with van der Waals surface area (Å²) < 4.78 is 5.31. The molecular weight excluding hydrogens is 270 g/mol. The van der Waals surface area contributed by atoms with Crippen molar-refractivity contribution >= 4 is 17.6 Å². The fourth-order valence-corrected chi connectivity index (χ4v) is 2.35. The third-order valence-corrected chi connectivity index (χ3v) is 3.59. The number of rotatable bonds is 2. The number of aryl methyl sites for hydroxylation is 1. The fraction of sp³-hybridized carbons (Fsp3) is 0.188. The molecular formula is C16H13NO4. The number of furan rings is 1. The molecule has 2 amide bonds. The molecule has 0 N–H and O–H groups in total. The molecule has 5 nitrogen and oxygen atoms in total. The number of hydrogen-bond donors (Lipinski definition) is 0. The average molecular weight is 283 g/mol. The maximum atomic E-state index is 12.3. The SMILES string of the molecule is Cc1ccc(C(=O)c2ccc3c(c2)C(=O)N(C)C(=O)C3)o1. The summed E-state index contributed by atoms with van der Waals surface area (Å²) >= 11 is 0. The Morgan fingerprint density at radius 2 is 1.95 bits per heavy atom. The molecule has 2 aromatic rings. The molecule has 0 atom stereocenters. The maximum Gasteiger partial charge on any atom is 0.260 e. The number of carbonyl (C=O) groups excluding carboxylic acids is 3. The summed E-state index contributed by atoms with van der Waals surface area (Å²) in [5.41, 5.74) is 1.42. The standard InChI is InChI=1S/C16H13NO4/c1-9-3-6-13(21-9)15(19)11-5-4-10-8-14(18)17(2)16(20)12(10)7-11/h3-7H,8H2,1-2H3. The van der Waals surface area contributed by atoms with Crippen molar-refractivity contribution in [3.63, 3.8) is 0 Å². The van der Waals surface area contributed by atoms with Crippen LogP contribution in [0.15, 0.2) is 34.7 Å². The maximum absolute atomic E-state index is 12.3. The molecule has 1 aliphatic rings. The van der Waals surface area contributed by atoms with Gasteiger partial charge in [-0.2, -0.15) is 0 Å². The second kappa shape index (κ2) is 4.70. The molecule has 0 saturated carbocycles. The summed E-state index contributed by atoms with van der Waals surface area (Å²) in [6.45, 7) is 1.76. The Balaban J connectivity index is 2.02. The van der Waals surface area contributed by atoms with Crippen LogP contribution in [0.4, 0.5) is 0 Å². The zero-order chi connectivity index (χ0) is 15.1.